The van der Waals surface area contributed by atoms with E-state index < -0.39 is 7.14 Å². The smallest absolute Gasteiger partial charge is 0.119 e. The van der Waals surface area contributed by atoms with Gasteiger partial charge in [-0.15, -0.1) is 0 Å². The van der Waals surface area contributed by atoms with Gasteiger partial charge in [-0.3, -0.25) is 0 Å². The summed E-state index contributed by atoms with van der Waals surface area (Å²) < 4.78 is 13.4. The molecule has 18 heavy (non-hydrogen) atoms. The van der Waals surface area contributed by atoms with Crippen LogP contribution in [0.5, 0.6) is 0 Å². The highest BCUT2D eigenvalue weighted by atomic mass is 31.2. The normalized spacial score (nSPS) is 42.1. The molecule has 3 rings (SSSR count). The number of hydrogen-bond donors (Lipinski definition) is 0. The second-order valence-electron chi connectivity index (χ2n) is 6.09. The van der Waals surface area contributed by atoms with Crippen LogP contribution in [0.3, 0.4) is 0 Å². The molecule has 1 aromatic carbocycles. The molecule has 0 aromatic heterocycles. The molecule has 1 aliphatic carbocycles. The van der Waals surface area contributed by atoms with E-state index in [1.165, 1.54) is 5.57 Å². The van der Waals surface area contributed by atoms with Gasteiger partial charge < -0.3 is 4.57 Å². The van der Waals surface area contributed by atoms with E-state index in [0.29, 0.717) is 23.4 Å². The molecule has 0 N–H and O–H groups in total. The van der Waals surface area contributed by atoms with Gasteiger partial charge in [0.1, 0.15) is 7.14 Å². The first-order valence-corrected chi connectivity index (χ1v) is 8.80. The van der Waals surface area contributed by atoms with Crippen LogP contribution in [0.1, 0.15) is 20.3 Å². The molecule has 1 saturated carbocycles. The predicted octanol–water partition coefficient (Wildman–Crippen LogP) is 3.91. The maximum Gasteiger partial charge on any atom is 0.119 e. The van der Waals surface area contributed by atoms with Gasteiger partial charge in [-0.2, -0.15) is 0 Å². The summed E-state index contributed by atoms with van der Waals surface area (Å²) in [6.07, 6.45) is 1.99. The second kappa shape index (κ2) is 4.10. The number of benzene rings is 1. The van der Waals surface area contributed by atoms with Crippen LogP contribution in [0.25, 0.3) is 0 Å². The van der Waals surface area contributed by atoms with Crippen LogP contribution in [0.4, 0.5) is 0 Å². The summed E-state index contributed by atoms with van der Waals surface area (Å²) in [7, 11) is -2.16. The molecule has 5 atom stereocenters. The summed E-state index contributed by atoms with van der Waals surface area (Å²) in [4.78, 5) is 0. The highest BCUT2D eigenvalue weighted by Gasteiger charge is 2.57. The Morgan fingerprint density at radius 1 is 1.33 bits per heavy atom. The van der Waals surface area contributed by atoms with Crippen LogP contribution in [-0.4, -0.2) is 11.8 Å². The van der Waals surface area contributed by atoms with E-state index in [2.05, 4.69) is 32.6 Å². The molecule has 1 nitrogen and oxygen atoms in total. The maximum absolute atomic E-state index is 13.4. The Labute approximate surface area is 110 Å². The SMILES string of the molecule is C=C(C)C1CC2C(C)C1CP2(=O)c1ccccc1. The Hall–Kier alpha value is -0.810. The molecular formula is C16H21OP. The van der Waals surface area contributed by atoms with Crippen LogP contribution in [0.15, 0.2) is 42.5 Å². The highest BCUT2D eigenvalue weighted by Crippen LogP contribution is 2.69. The monoisotopic (exact) mass is 260 g/mol. The van der Waals surface area contributed by atoms with Crippen LogP contribution >= 0.6 is 7.14 Å². The zero-order valence-electron chi connectivity index (χ0n) is 11.2. The standard InChI is InChI=1S/C16H21OP/c1-11(2)14-9-16-12(3)15(14)10-18(16,17)13-7-5-4-6-8-13/h4-8,12,14-16H,1,9-10H2,2-3H3. The summed E-state index contributed by atoms with van der Waals surface area (Å²) in [6, 6.07) is 10.2. The lowest BCUT2D eigenvalue weighted by Gasteiger charge is -2.29. The highest BCUT2D eigenvalue weighted by molar-refractivity contribution is 7.72. The van der Waals surface area contributed by atoms with Crippen molar-refractivity contribution in [3.63, 3.8) is 0 Å². The predicted molar refractivity (Wildman–Crippen MR) is 77.9 cm³/mol. The topological polar surface area (TPSA) is 17.1 Å². The minimum absolute atomic E-state index is 0.395. The zero-order valence-corrected chi connectivity index (χ0v) is 12.1. The lowest BCUT2D eigenvalue weighted by molar-refractivity contribution is 0.413. The van der Waals surface area contributed by atoms with E-state index in [4.69, 9.17) is 0 Å². The van der Waals surface area contributed by atoms with Crippen LogP contribution < -0.4 is 5.30 Å². The largest absolute Gasteiger partial charge is 0.318 e. The summed E-state index contributed by atoms with van der Waals surface area (Å²) in [5.74, 6) is 1.80. The molecule has 2 bridgehead atoms. The van der Waals surface area contributed by atoms with Crippen molar-refractivity contribution < 1.29 is 4.57 Å². The van der Waals surface area contributed by atoms with Crippen LogP contribution in [0, 0.1) is 17.8 Å². The van der Waals surface area contributed by atoms with E-state index in [0.717, 1.165) is 17.9 Å². The third-order valence-electron chi connectivity index (χ3n) is 5.14. The molecule has 2 heteroatoms. The first-order valence-electron chi connectivity index (χ1n) is 6.84. The third kappa shape index (κ3) is 1.57. The Kier molecular flexibility index (Phi) is 2.79. The first-order chi connectivity index (χ1) is 8.54. The molecule has 5 unspecified atom stereocenters. The molecule has 2 fully saturated rings. The molecule has 0 radical (unpaired) electrons. The Balaban J connectivity index is 1.97. The molecular weight excluding hydrogens is 239 g/mol. The average Bonchev–Trinajstić information content (AvgIpc) is 2.81. The summed E-state index contributed by atoms with van der Waals surface area (Å²) in [5.41, 5.74) is 1.68. The number of allylic oxidation sites excluding steroid dienone is 1. The molecule has 0 spiro atoms. The fraction of sp³-hybridized carbons (Fsp3) is 0.500. The third-order valence-corrected chi connectivity index (χ3v) is 9.03. The first kappa shape index (κ1) is 12.2. The Bertz CT molecular complexity index is 519. The van der Waals surface area contributed by atoms with Crippen molar-refractivity contribution in [2.45, 2.75) is 25.9 Å². The van der Waals surface area contributed by atoms with Gasteiger partial charge in [0.2, 0.25) is 0 Å². The van der Waals surface area contributed by atoms with Gasteiger partial charge in [0.25, 0.3) is 0 Å². The van der Waals surface area contributed by atoms with Crippen molar-refractivity contribution in [2.75, 3.05) is 6.16 Å². The molecule has 96 valence electrons. The van der Waals surface area contributed by atoms with E-state index >= 15 is 0 Å². The van der Waals surface area contributed by atoms with Crippen molar-refractivity contribution in [2.24, 2.45) is 17.8 Å². The van der Waals surface area contributed by atoms with Gasteiger partial charge in [-0.25, -0.2) is 0 Å². The minimum atomic E-state index is -2.16. The molecule has 0 amide bonds. The van der Waals surface area contributed by atoms with Crippen LogP contribution in [-0.2, 0) is 4.57 Å². The van der Waals surface area contributed by atoms with Gasteiger partial charge >= 0.3 is 0 Å². The molecule has 1 aromatic rings. The lowest BCUT2D eigenvalue weighted by Crippen LogP contribution is -2.22. The van der Waals surface area contributed by atoms with Crippen molar-refractivity contribution in [3.05, 3.63) is 42.5 Å². The Morgan fingerprint density at radius 3 is 2.50 bits per heavy atom. The Morgan fingerprint density at radius 2 is 2.00 bits per heavy atom. The van der Waals surface area contributed by atoms with Crippen molar-refractivity contribution >= 4 is 12.4 Å². The van der Waals surface area contributed by atoms with Gasteiger partial charge in [0.15, 0.2) is 0 Å². The summed E-state index contributed by atoms with van der Waals surface area (Å²) >= 11 is 0. The molecule has 1 aliphatic heterocycles. The number of rotatable bonds is 2. The second-order valence-corrected chi connectivity index (χ2v) is 9.23. The van der Waals surface area contributed by atoms with Gasteiger partial charge in [0, 0.05) is 17.1 Å². The summed E-state index contributed by atoms with van der Waals surface area (Å²) in [6.45, 7) is 8.54. The molecule has 2 aliphatic rings. The molecule has 1 heterocycles. The average molecular weight is 260 g/mol. The van der Waals surface area contributed by atoms with Crippen molar-refractivity contribution in [3.8, 4) is 0 Å². The maximum atomic E-state index is 13.4. The van der Waals surface area contributed by atoms with Crippen molar-refractivity contribution in [1.82, 2.24) is 0 Å². The lowest BCUT2D eigenvalue weighted by atomic mass is 9.88. The van der Waals surface area contributed by atoms with Crippen molar-refractivity contribution in [1.29, 1.82) is 0 Å². The van der Waals surface area contributed by atoms with Gasteiger partial charge in [-0.05, 0) is 31.1 Å². The fourth-order valence-electron chi connectivity index (χ4n) is 4.14. The molecule has 1 saturated heterocycles. The van der Waals surface area contributed by atoms with E-state index in [9.17, 15) is 4.57 Å². The summed E-state index contributed by atoms with van der Waals surface area (Å²) in [5, 5.41) is 1.10. The quantitative estimate of drug-likeness (QED) is 0.582. The van der Waals surface area contributed by atoms with Crippen LogP contribution in [0.2, 0.25) is 0 Å². The number of fused-ring (bicyclic) bond motifs is 2. The minimum Gasteiger partial charge on any atom is -0.318 e. The van der Waals surface area contributed by atoms with Gasteiger partial charge in [0.05, 0.1) is 0 Å². The van der Waals surface area contributed by atoms with Gasteiger partial charge in [-0.1, -0.05) is 49.4 Å². The van der Waals surface area contributed by atoms with E-state index in [1.807, 2.05) is 18.2 Å². The van der Waals surface area contributed by atoms with E-state index in [1.54, 1.807) is 0 Å². The number of hydrogen-bond acceptors (Lipinski definition) is 1. The van der Waals surface area contributed by atoms with E-state index in [-0.39, 0.29) is 0 Å². The fourth-order valence-corrected chi connectivity index (χ4v) is 8.44. The zero-order chi connectivity index (χ0) is 12.9.